The zero-order valence-electron chi connectivity index (χ0n) is 22.5. The Morgan fingerprint density at radius 1 is 1.05 bits per heavy atom. The summed E-state index contributed by atoms with van der Waals surface area (Å²) in [4.78, 5) is 25.3. The minimum absolute atomic E-state index is 0.0158. The van der Waals surface area contributed by atoms with Gasteiger partial charge in [0.25, 0.3) is 6.43 Å². The van der Waals surface area contributed by atoms with E-state index in [1.54, 1.807) is 0 Å². The molecule has 0 saturated heterocycles. The SMILES string of the molecule is COC(=O)C1CCC(C(C)c2ccc(-c3cc(C)cc(Nc4cc(C(F)F)ccn4)n3)cn2)CC1.OCCO. The molecule has 1 fully saturated rings. The number of anilines is 2. The molecule has 0 aromatic carbocycles. The van der Waals surface area contributed by atoms with E-state index < -0.39 is 6.43 Å². The lowest BCUT2D eigenvalue weighted by Gasteiger charge is -2.30. The molecule has 39 heavy (non-hydrogen) atoms. The zero-order valence-corrected chi connectivity index (χ0v) is 22.5. The summed E-state index contributed by atoms with van der Waals surface area (Å²) < 4.78 is 30.9. The highest BCUT2D eigenvalue weighted by Gasteiger charge is 2.30. The van der Waals surface area contributed by atoms with E-state index in [-0.39, 0.29) is 30.7 Å². The van der Waals surface area contributed by atoms with E-state index in [1.807, 2.05) is 37.4 Å². The fraction of sp³-hybridized carbons (Fsp3) is 0.448. The summed E-state index contributed by atoms with van der Waals surface area (Å²) in [6.07, 6.45) is 4.31. The fourth-order valence-electron chi connectivity index (χ4n) is 4.75. The Hall–Kier alpha value is -3.50. The summed E-state index contributed by atoms with van der Waals surface area (Å²) in [5.74, 6) is 1.53. The van der Waals surface area contributed by atoms with Crippen molar-refractivity contribution in [3.63, 3.8) is 0 Å². The van der Waals surface area contributed by atoms with Gasteiger partial charge in [0.15, 0.2) is 0 Å². The van der Waals surface area contributed by atoms with Crippen LogP contribution in [0.5, 0.6) is 0 Å². The Morgan fingerprint density at radius 3 is 2.36 bits per heavy atom. The van der Waals surface area contributed by atoms with E-state index in [0.717, 1.165) is 48.2 Å². The van der Waals surface area contributed by atoms with Crippen LogP contribution in [-0.4, -0.2) is 51.5 Å². The maximum atomic E-state index is 13.0. The van der Waals surface area contributed by atoms with Crippen molar-refractivity contribution >= 4 is 17.6 Å². The van der Waals surface area contributed by atoms with Crippen LogP contribution in [0.2, 0.25) is 0 Å². The largest absolute Gasteiger partial charge is 0.469 e. The van der Waals surface area contributed by atoms with E-state index in [1.165, 1.54) is 25.4 Å². The van der Waals surface area contributed by atoms with Crippen molar-refractivity contribution < 1.29 is 28.5 Å². The highest BCUT2D eigenvalue weighted by molar-refractivity contribution is 5.72. The summed E-state index contributed by atoms with van der Waals surface area (Å²) in [6, 6.07) is 10.5. The molecule has 0 spiro atoms. The van der Waals surface area contributed by atoms with Gasteiger partial charge in [0.2, 0.25) is 0 Å². The molecule has 0 bridgehead atoms. The number of rotatable bonds is 8. The molecular formula is C29H36F2N4O4. The molecule has 210 valence electrons. The van der Waals surface area contributed by atoms with E-state index in [2.05, 4.69) is 22.2 Å². The van der Waals surface area contributed by atoms with Gasteiger partial charge >= 0.3 is 5.97 Å². The smallest absolute Gasteiger partial charge is 0.308 e. The van der Waals surface area contributed by atoms with Crippen LogP contribution in [0.25, 0.3) is 11.3 Å². The molecule has 3 N–H and O–H groups in total. The molecule has 1 aliphatic carbocycles. The van der Waals surface area contributed by atoms with Gasteiger partial charge in [0.1, 0.15) is 11.6 Å². The predicted molar refractivity (Wildman–Crippen MR) is 145 cm³/mol. The van der Waals surface area contributed by atoms with Gasteiger partial charge in [-0.1, -0.05) is 6.92 Å². The molecule has 1 saturated carbocycles. The van der Waals surface area contributed by atoms with Crippen LogP contribution in [-0.2, 0) is 9.53 Å². The Labute approximate surface area is 227 Å². The van der Waals surface area contributed by atoms with E-state index in [9.17, 15) is 13.6 Å². The summed E-state index contributed by atoms with van der Waals surface area (Å²) in [5.41, 5.74) is 3.51. The number of methoxy groups -OCH3 is 1. The van der Waals surface area contributed by atoms with Crippen molar-refractivity contribution in [3.05, 3.63) is 65.6 Å². The fourth-order valence-corrected chi connectivity index (χ4v) is 4.75. The molecule has 3 aromatic rings. The third-order valence-corrected chi connectivity index (χ3v) is 6.92. The van der Waals surface area contributed by atoms with Gasteiger partial charge in [0.05, 0.1) is 31.9 Å². The Morgan fingerprint density at radius 2 is 1.77 bits per heavy atom. The van der Waals surface area contributed by atoms with Gasteiger partial charge in [-0.05, 0) is 80.5 Å². The number of nitrogens with zero attached hydrogens (tertiary/aromatic N) is 3. The number of carbonyl (C=O) groups excluding carboxylic acids is 1. The quantitative estimate of drug-likeness (QED) is 0.316. The van der Waals surface area contributed by atoms with E-state index >= 15 is 0 Å². The number of nitrogens with one attached hydrogen (secondary N) is 1. The standard InChI is InChI=1S/C27H30F2N4O2.C2H6O2/c1-16-12-23(32-25(13-16)33-24-14-20(26(28)29)10-11-30-24)21-8-9-22(31-15-21)17(2)18-4-6-19(7-5-18)27(34)35-3;3-1-2-4/h8-15,17-19,26H,4-7H2,1-3H3,(H,30,32,33);3-4H,1-2H2. The van der Waals surface area contributed by atoms with Crippen LogP contribution in [0.15, 0.2) is 48.8 Å². The monoisotopic (exact) mass is 542 g/mol. The minimum Gasteiger partial charge on any atom is -0.469 e. The van der Waals surface area contributed by atoms with Gasteiger partial charge < -0.3 is 20.3 Å². The number of aliphatic hydroxyl groups excluding tert-OH is 2. The molecular weight excluding hydrogens is 506 g/mol. The molecule has 1 aliphatic rings. The Balaban J connectivity index is 0.000000983. The van der Waals surface area contributed by atoms with Crippen molar-refractivity contribution in [2.75, 3.05) is 25.6 Å². The second-order valence-corrected chi connectivity index (χ2v) is 9.66. The lowest BCUT2D eigenvalue weighted by atomic mass is 9.75. The topological polar surface area (TPSA) is 117 Å². The van der Waals surface area contributed by atoms with Crippen LogP contribution in [0.4, 0.5) is 20.4 Å². The number of pyridine rings is 3. The lowest BCUT2D eigenvalue weighted by Crippen LogP contribution is -2.25. The van der Waals surface area contributed by atoms with Gasteiger partial charge in [0, 0.05) is 35.1 Å². The molecule has 1 unspecified atom stereocenters. The maximum absolute atomic E-state index is 13.0. The Bertz CT molecular complexity index is 1200. The van der Waals surface area contributed by atoms with Gasteiger partial charge in [-0.2, -0.15) is 0 Å². The first-order valence-electron chi connectivity index (χ1n) is 13.0. The Kier molecular flexibility index (Phi) is 11.2. The van der Waals surface area contributed by atoms with Gasteiger partial charge in [-0.25, -0.2) is 18.7 Å². The molecule has 1 atom stereocenters. The lowest BCUT2D eigenvalue weighted by molar-refractivity contribution is -0.146. The van der Waals surface area contributed by atoms with Crippen LogP contribution in [0, 0.1) is 18.8 Å². The van der Waals surface area contributed by atoms with Crippen LogP contribution < -0.4 is 5.32 Å². The molecule has 0 amide bonds. The maximum Gasteiger partial charge on any atom is 0.308 e. The number of hydrogen-bond donors (Lipinski definition) is 3. The highest BCUT2D eigenvalue weighted by Crippen LogP contribution is 2.38. The number of halogens is 2. The first-order chi connectivity index (χ1) is 18.7. The van der Waals surface area contributed by atoms with Gasteiger partial charge in [-0.15, -0.1) is 0 Å². The average molecular weight is 543 g/mol. The summed E-state index contributed by atoms with van der Waals surface area (Å²) >= 11 is 0. The van der Waals surface area contributed by atoms with Crippen molar-refractivity contribution in [3.8, 4) is 11.3 Å². The molecule has 0 aliphatic heterocycles. The van der Waals surface area contributed by atoms with Crippen LogP contribution in [0.3, 0.4) is 0 Å². The number of ether oxygens (including phenoxy) is 1. The molecule has 3 heterocycles. The summed E-state index contributed by atoms with van der Waals surface area (Å²) in [6.45, 7) is 3.90. The van der Waals surface area contributed by atoms with Crippen molar-refractivity contribution in [2.24, 2.45) is 11.8 Å². The highest BCUT2D eigenvalue weighted by atomic mass is 19.3. The zero-order chi connectivity index (χ0) is 28.4. The second kappa shape index (κ2) is 14.6. The molecule has 3 aromatic heterocycles. The molecule has 10 heteroatoms. The third kappa shape index (κ3) is 8.49. The summed E-state index contributed by atoms with van der Waals surface area (Å²) in [7, 11) is 1.45. The number of carbonyl (C=O) groups is 1. The second-order valence-electron chi connectivity index (χ2n) is 9.66. The summed E-state index contributed by atoms with van der Waals surface area (Å²) in [5, 5.41) is 18.3. The van der Waals surface area contributed by atoms with Crippen molar-refractivity contribution in [2.45, 2.75) is 51.9 Å². The van der Waals surface area contributed by atoms with Crippen molar-refractivity contribution in [1.29, 1.82) is 0 Å². The van der Waals surface area contributed by atoms with E-state index in [0.29, 0.717) is 23.5 Å². The average Bonchev–Trinajstić information content (AvgIpc) is 2.96. The third-order valence-electron chi connectivity index (χ3n) is 6.92. The van der Waals surface area contributed by atoms with Crippen LogP contribution >= 0.6 is 0 Å². The van der Waals surface area contributed by atoms with Crippen LogP contribution in [0.1, 0.15) is 61.8 Å². The van der Waals surface area contributed by atoms with Gasteiger partial charge in [-0.3, -0.25) is 9.78 Å². The number of alkyl halides is 2. The first-order valence-corrected chi connectivity index (χ1v) is 13.0. The predicted octanol–water partition coefficient (Wildman–Crippen LogP) is 5.58. The molecule has 8 nitrogen and oxygen atoms in total. The van der Waals surface area contributed by atoms with Crippen molar-refractivity contribution in [1.82, 2.24) is 15.0 Å². The number of aryl methyl sites for hydroxylation is 1. The molecule has 0 radical (unpaired) electrons. The number of hydrogen-bond acceptors (Lipinski definition) is 8. The number of aromatic nitrogens is 3. The molecule has 4 rings (SSSR count). The first kappa shape index (κ1) is 30.0. The number of aliphatic hydroxyl groups is 2. The number of esters is 1. The van der Waals surface area contributed by atoms with E-state index in [4.69, 9.17) is 19.9 Å². The minimum atomic E-state index is -2.56. The normalized spacial score (nSPS) is 17.6.